The van der Waals surface area contributed by atoms with Crippen LogP contribution >= 0.6 is 27.5 Å². The molecular formula is C32H33BrClNO4. The second-order valence-corrected chi connectivity index (χ2v) is 11.3. The maximum absolute atomic E-state index is 12.0. The van der Waals surface area contributed by atoms with Gasteiger partial charge in [0.05, 0.1) is 29.9 Å². The van der Waals surface area contributed by atoms with E-state index >= 15 is 0 Å². The SMILES string of the molecule is Brc1ccc(C2CCCCO2)cc1.COC(=O)c1c[nH]c2cc(Cl)c(-c3ccc(C4CCCCO4)cc3)cc12. The fourth-order valence-electron chi connectivity index (χ4n) is 5.21. The topological polar surface area (TPSA) is 60.5 Å². The van der Waals surface area contributed by atoms with Crippen LogP contribution in [0.4, 0.5) is 0 Å². The summed E-state index contributed by atoms with van der Waals surface area (Å²) in [7, 11) is 1.38. The summed E-state index contributed by atoms with van der Waals surface area (Å²) in [5.74, 6) is -0.366. The van der Waals surface area contributed by atoms with Gasteiger partial charge < -0.3 is 19.2 Å². The van der Waals surface area contributed by atoms with Crippen molar-refractivity contribution < 1.29 is 19.0 Å². The predicted molar refractivity (Wildman–Crippen MR) is 159 cm³/mol. The number of hydrogen-bond acceptors (Lipinski definition) is 4. The number of methoxy groups -OCH3 is 1. The van der Waals surface area contributed by atoms with Crippen molar-refractivity contribution in [2.45, 2.75) is 50.7 Å². The summed E-state index contributed by atoms with van der Waals surface area (Å²) < 4.78 is 17.5. The van der Waals surface area contributed by atoms with Crippen LogP contribution in [0.2, 0.25) is 5.02 Å². The Kier molecular flexibility index (Phi) is 9.40. The van der Waals surface area contributed by atoms with Crippen molar-refractivity contribution in [1.29, 1.82) is 0 Å². The van der Waals surface area contributed by atoms with Gasteiger partial charge in [-0.25, -0.2) is 4.79 Å². The van der Waals surface area contributed by atoms with E-state index in [1.54, 1.807) is 6.20 Å². The number of fused-ring (bicyclic) bond motifs is 1. The van der Waals surface area contributed by atoms with E-state index in [1.807, 2.05) is 12.1 Å². The Morgan fingerprint density at radius 1 is 0.897 bits per heavy atom. The van der Waals surface area contributed by atoms with Gasteiger partial charge in [-0.05, 0) is 79.5 Å². The zero-order chi connectivity index (χ0) is 27.2. The monoisotopic (exact) mass is 609 g/mol. The van der Waals surface area contributed by atoms with E-state index in [-0.39, 0.29) is 12.1 Å². The summed E-state index contributed by atoms with van der Waals surface area (Å²) in [6, 6.07) is 20.5. The van der Waals surface area contributed by atoms with Gasteiger partial charge in [0.1, 0.15) is 0 Å². The van der Waals surface area contributed by atoms with Crippen molar-refractivity contribution in [2.75, 3.05) is 20.3 Å². The van der Waals surface area contributed by atoms with Gasteiger partial charge >= 0.3 is 5.97 Å². The van der Waals surface area contributed by atoms with Crippen molar-refractivity contribution in [1.82, 2.24) is 4.98 Å². The third-order valence-corrected chi connectivity index (χ3v) is 8.21. The molecule has 0 spiro atoms. The van der Waals surface area contributed by atoms with Crippen LogP contribution in [-0.2, 0) is 14.2 Å². The number of aromatic nitrogens is 1. The number of carbonyl (C=O) groups excluding carboxylic acids is 1. The molecule has 0 radical (unpaired) electrons. The van der Waals surface area contributed by atoms with E-state index in [0.717, 1.165) is 52.6 Å². The zero-order valence-electron chi connectivity index (χ0n) is 22.1. The van der Waals surface area contributed by atoms with Crippen molar-refractivity contribution in [2.24, 2.45) is 0 Å². The van der Waals surface area contributed by atoms with Crippen molar-refractivity contribution in [3.63, 3.8) is 0 Å². The van der Waals surface area contributed by atoms with Crippen LogP contribution in [0.15, 0.2) is 71.3 Å². The maximum Gasteiger partial charge on any atom is 0.340 e. The third kappa shape index (κ3) is 6.75. The number of ether oxygens (including phenoxy) is 3. The maximum atomic E-state index is 12.0. The molecule has 4 aromatic rings. The fourth-order valence-corrected chi connectivity index (χ4v) is 5.74. The van der Waals surface area contributed by atoms with Gasteiger partial charge in [-0.15, -0.1) is 0 Å². The molecule has 3 aromatic carbocycles. The molecule has 1 aromatic heterocycles. The number of hydrogen-bond donors (Lipinski definition) is 1. The lowest BCUT2D eigenvalue weighted by molar-refractivity contribution is 0.0148. The predicted octanol–water partition coefficient (Wildman–Crippen LogP) is 9.21. The number of H-pyrrole nitrogens is 1. The van der Waals surface area contributed by atoms with Gasteiger partial charge in [-0.1, -0.05) is 63.9 Å². The molecule has 2 atom stereocenters. The number of halogens is 2. The van der Waals surface area contributed by atoms with Crippen molar-refractivity contribution in [3.05, 3.63) is 93.0 Å². The number of nitrogens with one attached hydrogen (secondary N) is 1. The largest absolute Gasteiger partial charge is 0.465 e. The average molecular weight is 611 g/mol. The molecule has 2 fully saturated rings. The molecule has 2 saturated heterocycles. The van der Waals surface area contributed by atoms with Crippen molar-refractivity contribution >= 4 is 44.4 Å². The van der Waals surface area contributed by atoms with Gasteiger partial charge in [0, 0.05) is 40.3 Å². The summed E-state index contributed by atoms with van der Waals surface area (Å²) in [6.07, 6.45) is 9.27. The van der Waals surface area contributed by atoms with E-state index in [4.69, 9.17) is 25.8 Å². The molecule has 1 N–H and O–H groups in total. The van der Waals surface area contributed by atoms with Gasteiger partial charge in [0.25, 0.3) is 0 Å². The number of aromatic amines is 1. The highest BCUT2D eigenvalue weighted by molar-refractivity contribution is 9.10. The summed E-state index contributed by atoms with van der Waals surface area (Å²) in [5.41, 5.74) is 5.72. The lowest BCUT2D eigenvalue weighted by Crippen LogP contribution is -2.11. The molecule has 6 rings (SSSR count). The minimum atomic E-state index is -0.366. The van der Waals surface area contributed by atoms with E-state index in [1.165, 1.54) is 43.9 Å². The Morgan fingerprint density at radius 2 is 1.49 bits per heavy atom. The Morgan fingerprint density at radius 3 is 2.03 bits per heavy atom. The molecule has 2 aliphatic rings. The van der Waals surface area contributed by atoms with Crippen LogP contribution in [0.3, 0.4) is 0 Å². The lowest BCUT2D eigenvalue weighted by Gasteiger charge is -2.23. The number of esters is 1. The first-order chi connectivity index (χ1) is 19.0. The fraction of sp³-hybridized carbons (Fsp3) is 0.344. The van der Waals surface area contributed by atoms with E-state index in [0.29, 0.717) is 16.7 Å². The second-order valence-electron chi connectivity index (χ2n) is 9.96. The molecule has 7 heteroatoms. The molecule has 0 amide bonds. The molecule has 2 unspecified atom stereocenters. The van der Waals surface area contributed by atoms with E-state index in [9.17, 15) is 4.79 Å². The molecule has 204 valence electrons. The van der Waals surface area contributed by atoms with Crippen LogP contribution in [0.1, 0.15) is 72.2 Å². The van der Waals surface area contributed by atoms with Gasteiger partial charge in [-0.2, -0.15) is 0 Å². The first kappa shape index (κ1) is 27.9. The second kappa shape index (κ2) is 13.1. The first-order valence-corrected chi connectivity index (χ1v) is 14.7. The van der Waals surface area contributed by atoms with Crippen LogP contribution < -0.4 is 0 Å². The zero-order valence-corrected chi connectivity index (χ0v) is 24.4. The minimum Gasteiger partial charge on any atom is -0.465 e. The first-order valence-electron chi connectivity index (χ1n) is 13.5. The molecule has 0 saturated carbocycles. The Bertz CT molecular complexity index is 1390. The van der Waals surface area contributed by atoms with Gasteiger partial charge in [-0.3, -0.25) is 0 Å². The molecule has 0 aliphatic carbocycles. The minimum absolute atomic E-state index is 0.186. The third-order valence-electron chi connectivity index (χ3n) is 7.37. The Labute approximate surface area is 242 Å². The number of rotatable bonds is 4. The smallest absolute Gasteiger partial charge is 0.340 e. The summed E-state index contributed by atoms with van der Waals surface area (Å²) in [4.78, 5) is 15.0. The Hall–Kier alpha value is -2.64. The highest BCUT2D eigenvalue weighted by Crippen LogP contribution is 2.35. The van der Waals surface area contributed by atoms with Crippen LogP contribution in [0, 0.1) is 0 Å². The highest BCUT2D eigenvalue weighted by atomic mass is 79.9. The van der Waals surface area contributed by atoms with E-state index < -0.39 is 0 Å². The molecule has 39 heavy (non-hydrogen) atoms. The number of benzene rings is 3. The molecule has 2 aliphatic heterocycles. The highest BCUT2D eigenvalue weighted by Gasteiger charge is 2.18. The molecule has 3 heterocycles. The summed E-state index contributed by atoms with van der Waals surface area (Å²) >= 11 is 9.92. The lowest BCUT2D eigenvalue weighted by atomic mass is 9.97. The summed E-state index contributed by atoms with van der Waals surface area (Å²) in [6.45, 7) is 1.75. The average Bonchev–Trinajstić information content (AvgIpc) is 3.40. The van der Waals surface area contributed by atoms with Gasteiger partial charge in [0.15, 0.2) is 0 Å². The quantitative estimate of drug-likeness (QED) is 0.234. The van der Waals surface area contributed by atoms with Crippen LogP contribution in [-0.4, -0.2) is 31.3 Å². The molecule has 0 bridgehead atoms. The summed E-state index contributed by atoms with van der Waals surface area (Å²) in [5, 5.41) is 1.44. The van der Waals surface area contributed by atoms with Crippen molar-refractivity contribution in [3.8, 4) is 11.1 Å². The normalized spacial score (nSPS) is 19.3. The van der Waals surface area contributed by atoms with E-state index in [2.05, 4.69) is 69.4 Å². The molecular weight excluding hydrogens is 578 g/mol. The Balaban J connectivity index is 0.000000198. The van der Waals surface area contributed by atoms with Crippen LogP contribution in [0.5, 0.6) is 0 Å². The molecule has 5 nitrogen and oxygen atoms in total. The number of carbonyl (C=O) groups is 1. The van der Waals surface area contributed by atoms with Gasteiger partial charge in [0.2, 0.25) is 0 Å². The standard InChI is InChI=1S/C21H20ClNO3.C11H13BrO/c1-25-21(24)17-12-23-19-11-18(22)15(10-16(17)19)13-5-7-14(8-6-13)20-4-2-3-9-26-20;12-10-6-4-9(5-7-10)11-3-1-2-8-13-11/h5-8,10-12,20,23H,2-4,9H2,1H3;4-7,11H,1-3,8H2. The van der Waals surface area contributed by atoms with Crippen LogP contribution in [0.25, 0.3) is 22.0 Å².